The maximum atomic E-state index is 15.3. The minimum atomic E-state index is -1.48. The lowest BCUT2D eigenvalue weighted by molar-refractivity contribution is -0.127. The lowest BCUT2D eigenvalue weighted by atomic mass is 9.49. The molecule has 4 aromatic rings. The van der Waals surface area contributed by atoms with Crippen molar-refractivity contribution in [1.29, 1.82) is 0 Å². The van der Waals surface area contributed by atoms with Crippen molar-refractivity contribution in [2.45, 2.75) is 31.1 Å². The van der Waals surface area contributed by atoms with Crippen molar-refractivity contribution in [2.75, 3.05) is 9.80 Å². The first-order valence-electron chi connectivity index (χ1n) is 16.1. The van der Waals surface area contributed by atoms with E-state index in [9.17, 15) is 19.5 Å². The number of aromatic hydroxyl groups is 1. The molecule has 2 aliphatic carbocycles. The zero-order valence-corrected chi connectivity index (χ0v) is 29.2. The molecule has 49 heavy (non-hydrogen) atoms. The molecule has 4 aliphatic rings. The number of hydrogen-bond donors (Lipinski definition) is 1. The first-order chi connectivity index (χ1) is 23.5. The second-order valence-electron chi connectivity index (χ2n) is 13.2. The van der Waals surface area contributed by atoms with Gasteiger partial charge < -0.3 is 5.11 Å². The van der Waals surface area contributed by atoms with Gasteiger partial charge in [-0.3, -0.25) is 19.2 Å². The standard InChI is InChI=1S/C39H29BrCl2N2O5/c1-20-10-12-25(18-31(20)42)43-35(46)27-14-13-26-28(33(27)37(43)48)19-30-36(47)44(24-9-5-8-23(41)17-24)38(49)39(30,21-6-3-2-4-7-21)34(26)29-16-22(40)11-15-32(29)45/h2-13,15-18,27-28,30,33-34,45H,14,19H2,1H3/t27-,28+,30-,33-,34+,39+/m0/s1. The van der Waals surface area contributed by atoms with E-state index in [4.69, 9.17) is 23.2 Å². The number of allylic oxidation sites excluding steroid dienone is 2. The van der Waals surface area contributed by atoms with Gasteiger partial charge in [-0.15, -0.1) is 0 Å². The number of fused-ring (bicyclic) bond motifs is 4. The summed E-state index contributed by atoms with van der Waals surface area (Å²) in [5.41, 5.74) is 1.91. The Kier molecular flexibility index (Phi) is 7.63. The lowest BCUT2D eigenvalue weighted by Gasteiger charge is -2.50. The monoisotopic (exact) mass is 754 g/mol. The molecule has 7 nitrogen and oxygen atoms in total. The van der Waals surface area contributed by atoms with E-state index in [0.717, 1.165) is 11.1 Å². The summed E-state index contributed by atoms with van der Waals surface area (Å²) in [6.45, 7) is 1.85. The number of rotatable bonds is 4. The Morgan fingerprint density at radius 2 is 1.55 bits per heavy atom. The second kappa shape index (κ2) is 11.7. The normalized spacial score (nSPS) is 27.6. The van der Waals surface area contributed by atoms with Crippen LogP contribution in [-0.4, -0.2) is 28.7 Å². The number of carbonyl (C=O) groups is 4. The molecular formula is C39H29BrCl2N2O5. The van der Waals surface area contributed by atoms with E-state index in [0.29, 0.717) is 37.0 Å². The fourth-order valence-corrected chi connectivity index (χ4v) is 9.56. The Morgan fingerprint density at radius 3 is 2.29 bits per heavy atom. The van der Waals surface area contributed by atoms with Gasteiger partial charge in [-0.25, -0.2) is 9.80 Å². The van der Waals surface area contributed by atoms with Gasteiger partial charge in [0.15, 0.2) is 0 Å². The minimum Gasteiger partial charge on any atom is -0.508 e. The molecule has 10 heteroatoms. The van der Waals surface area contributed by atoms with Crippen LogP contribution in [0.25, 0.3) is 0 Å². The number of nitrogens with zero attached hydrogens (tertiary/aromatic N) is 2. The van der Waals surface area contributed by atoms with Crippen molar-refractivity contribution in [2.24, 2.45) is 23.7 Å². The van der Waals surface area contributed by atoms with Gasteiger partial charge in [0.25, 0.3) is 0 Å². The largest absolute Gasteiger partial charge is 0.508 e. The molecule has 0 aromatic heterocycles. The highest BCUT2D eigenvalue weighted by Crippen LogP contribution is 2.65. The molecule has 2 heterocycles. The lowest BCUT2D eigenvalue weighted by Crippen LogP contribution is -2.53. The topological polar surface area (TPSA) is 95.0 Å². The van der Waals surface area contributed by atoms with Crippen LogP contribution in [0.1, 0.15) is 35.4 Å². The quantitative estimate of drug-likeness (QED) is 0.168. The molecule has 246 valence electrons. The first-order valence-corrected chi connectivity index (χ1v) is 17.6. The van der Waals surface area contributed by atoms with Gasteiger partial charge in [0.2, 0.25) is 23.6 Å². The minimum absolute atomic E-state index is 0.0443. The van der Waals surface area contributed by atoms with Crippen LogP contribution >= 0.6 is 39.1 Å². The highest BCUT2D eigenvalue weighted by molar-refractivity contribution is 9.10. The maximum Gasteiger partial charge on any atom is 0.246 e. The summed E-state index contributed by atoms with van der Waals surface area (Å²) >= 11 is 16.4. The number of benzene rings is 4. The fraction of sp³-hybridized carbons (Fsp3) is 0.231. The number of anilines is 2. The summed E-state index contributed by atoms with van der Waals surface area (Å²) in [7, 11) is 0. The second-order valence-corrected chi connectivity index (χ2v) is 15.0. The van der Waals surface area contributed by atoms with Crippen molar-refractivity contribution in [3.8, 4) is 5.75 Å². The molecule has 2 aliphatic heterocycles. The predicted octanol–water partition coefficient (Wildman–Crippen LogP) is 8.14. The van der Waals surface area contributed by atoms with E-state index >= 15 is 4.79 Å². The van der Waals surface area contributed by atoms with Gasteiger partial charge >= 0.3 is 0 Å². The van der Waals surface area contributed by atoms with Crippen molar-refractivity contribution in [1.82, 2.24) is 0 Å². The van der Waals surface area contributed by atoms with Crippen LogP contribution in [0.5, 0.6) is 5.75 Å². The third-order valence-corrected chi connectivity index (χ3v) is 12.0. The SMILES string of the molecule is Cc1ccc(N2C(=O)[C@H]3[C@H](CC=C4[C@H]3C[C@H]3C(=O)N(c5cccc(Cl)c5)C(=O)[C@@]3(c3ccccc3)[C@H]4c3cc(Br)ccc3O)C2=O)cc1Cl. The van der Waals surface area contributed by atoms with Crippen molar-refractivity contribution < 1.29 is 24.3 Å². The Bertz CT molecular complexity index is 2140. The molecule has 0 bridgehead atoms. The Morgan fingerprint density at radius 1 is 0.796 bits per heavy atom. The van der Waals surface area contributed by atoms with Crippen LogP contribution in [0, 0.1) is 30.6 Å². The molecular weight excluding hydrogens is 727 g/mol. The van der Waals surface area contributed by atoms with Gasteiger partial charge in [-0.2, -0.15) is 0 Å². The van der Waals surface area contributed by atoms with E-state index in [1.54, 1.807) is 60.7 Å². The summed E-state index contributed by atoms with van der Waals surface area (Å²) in [6, 6.07) is 26.0. The van der Waals surface area contributed by atoms with Crippen molar-refractivity contribution >= 4 is 74.1 Å². The maximum absolute atomic E-state index is 15.3. The molecule has 2 saturated heterocycles. The van der Waals surface area contributed by atoms with E-state index in [-0.39, 0.29) is 30.4 Å². The number of amides is 4. The molecule has 3 fully saturated rings. The molecule has 0 radical (unpaired) electrons. The average molecular weight is 756 g/mol. The predicted molar refractivity (Wildman–Crippen MR) is 191 cm³/mol. The van der Waals surface area contributed by atoms with E-state index in [1.807, 2.05) is 43.3 Å². The number of hydrogen-bond acceptors (Lipinski definition) is 5. The van der Waals surface area contributed by atoms with Crippen LogP contribution in [0.3, 0.4) is 0 Å². The zero-order chi connectivity index (χ0) is 34.4. The summed E-state index contributed by atoms with van der Waals surface area (Å²) in [4.78, 5) is 61.0. The van der Waals surface area contributed by atoms with Crippen LogP contribution in [-0.2, 0) is 24.6 Å². The number of phenols is 1. The van der Waals surface area contributed by atoms with Gasteiger partial charge in [0.1, 0.15) is 5.75 Å². The highest BCUT2D eigenvalue weighted by Gasteiger charge is 2.70. The number of halogens is 3. The molecule has 0 unspecified atom stereocenters. The third-order valence-electron chi connectivity index (χ3n) is 10.9. The van der Waals surface area contributed by atoms with Crippen molar-refractivity contribution in [3.63, 3.8) is 0 Å². The van der Waals surface area contributed by atoms with E-state index in [2.05, 4.69) is 15.9 Å². The fourth-order valence-electron chi connectivity index (χ4n) is 8.82. The molecule has 4 amide bonds. The molecule has 4 aromatic carbocycles. The van der Waals surface area contributed by atoms with Crippen LogP contribution in [0.2, 0.25) is 10.0 Å². The smallest absolute Gasteiger partial charge is 0.246 e. The van der Waals surface area contributed by atoms with Crippen molar-refractivity contribution in [3.05, 3.63) is 134 Å². The number of aryl methyl sites for hydroxylation is 1. The Balaban J connectivity index is 1.36. The summed E-state index contributed by atoms with van der Waals surface area (Å²) in [6.07, 6.45) is 2.38. The Labute approximate surface area is 301 Å². The van der Waals surface area contributed by atoms with Gasteiger partial charge in [-0.05, 0) is 85.3 Å². The molecule has 6 atom stereocenters. The zero-order valence-electron chi connectivity index (χ0n) is 26.1. The number of phenolic OH excluding ortho intramolecular Hbond substituents is 1. The highest BCUT2D eigenvalue weighted by atomic mass is 79.9. The molecule has 0 spiro atoms. The van der Waals surface area contributed by atoms with Crippen LogP contribution in [0.4, 0.5) is 11.4 Å². The van der Waals surface area contributed by atoms with Gasteiger partial charge in [-0.1, -0.05) is 93.2 Å². The van der Waals surface area contributed by atoms with E-state index < -0.39 is 46.8 Å². The third kappa shape index (κ3) is 4.60. The summed E-state index contributed by atoms with van der Waals surface area (Å²) < 4.78 is 0.675. The van der Waals surface area contributed by atoms with E-state index in [1.165, 1.54) is 9.80 Å². The molecule has 1 saturated carbocycles. The van der Waals surface area contributed by atoms with Crippen LogP contribution in [0.15, 0.2) is 107 Å². The molecule has 1 N–H and O–H groups in total. The first kappa shape index (κ1) is 32.0. The van der Waals surface area contributed by atoms with Gasteiger partial charge in [0, 0.05) is 26.0 Å². The number of imide groups is 2. The van der Waals surface area contributed by atoms with Crippen LogP contribution < -0.4 is 9.80 Å². The number of carbonyl (C=O) groups excluding carboxylic acids is 4. The molecule has 8 rings (SSSR count). The summed E-state index contributed by atoms with van der Waals surface area (Å²) in [5.74, 6) is -5.36. The summed E-state index contributed by atoms with van der Waals surface area (Å²) in [5, 5.41) is 12.3. The Hall–Kier alpha value is -4.24. The van der Waals surface area contributed by atoms with Gasteiger partial charge in [0.05, 0.1) is 34.5 Å². The average Bonchev–Trinajstić information content (AvgIpc) is 3.48.